The molecule has 0 saturated carbocycles. The van der Waals surface area contributed by atoms with Crippen LogP contribution in [-0.2, 0) is 16.1 Å². The highest BCUT2D eigenvalue weighted by Gasteiger charge is 2.13. The summed E-state index contributed by atoms with van der Waals surface area (Å²) in [4.78, 5) is 27.3. The van der Waals surface area contributed by atoms with Crippen molar-refractivity contribution in [2.24, 2.45) is 0 Å². The van der Waals surface area contributed by atoms with E-state index < -0.39 is 0 Å². The number of nitrogens with zero attached hydrogens (tertiary/aromatic N) is 2. The lowest BCUT2D eigenvalue weighted by molar-refractivity contribution is -0.134. The summed E-state index contributed by atoms with van der Waals surface area (Å²) in [6.07, 6.45) is 0.846. The van der Waals surface area contributed by atoms with Gasteiger partial charge in [0.25, 0.3) is 0 Å². The maximum Gasteiger partial charge on any atom is 0.239 e. The van der Waals surface area contributed by atoms with E-state index in [-0.39, 0.29) is 18.4 Å². The number of benzene rings is 1. The zero-order valence-electron chi connectivity index (χ0n) is 14.5. The van der Waals surface area contributed by atoms with Gasteiger partial charge < -0.3 is 19.9 Å². The van der Waals surface area contributed by atoms with Crippen LogP contribution in [0.15, 0.2) is 24.3 Å². The van der Waals surface area contributed by atoms with Crippen LogP contribution >= 0.6 is 0 Å². The summed E-state index contributed by atoms with van der Waals surface area (Å²) in [5.41, 5.74) is 0.987. The monoisotopic (exact) mass is 321 g/mol. The van der Waals surface area contributed by atoms with E-state index in [2.05, 4.69) is 10.2 Å². The normalized spacial score (nSPS) is 10.5. The topological polar surface area (TPSA) is 61.9 Å². The van der Waals surface area contributed by atoms with Crippen molar-refractivity contribution in [3.63, 3.8) is 0 Å². The van der Waals surface area contributed by atoms with Gasteiger partial charge in [0.2, 0.25) is 11.8 Å². The van der Waals surface area contributed by atoms with Crippen molar-refractivity contribution in [2.45, 2.75) is 19.9 Å². The van der Waals surface area contributed by atoms with E-state index in [0.29, 0.717) is 13.1 Å². The van der Waals surface area contributed by atoms with Crippen LogP contribution in [0.5, 0.6) is 5.75 Å². The second-order valence-corrected chi connectivity index (χ2v) is 5.72. The molecule has 0 radical (unpaired) electrons. The van der Waals surface area contributed by atoms with Crippen LogP contribution in [0.4, 0.5) is 0 Å². The van der Waals surface area contributed by atoms with E-state index in [1.807, 2.05) is 38.4 Å². The molecule has 0 atom stereocenters. The second-order valence-electron chi connectivity index (χ2n) is 5.72. The van der Waals surface area contributed by atoms with Gasteiger partial charge in [-0.05, 0) is 44.8 Å². The van der Waals surface area contributed by atoms with Crippen LogP contribution in [-0.4, -0.2) is 62.5 Å². The molecule has 1 rings (SSSR count). The third-order valence-electron chi connectivity index (χ3n) is 3.46. The van der Waals surface area contributed by atoms with E-state index in [9.17, 15) is 9.59 Å². The van der Waals surface area contributed by atoms with Crippen LogP contribution < -0.4 is 10.1 Å². The Morgan fingerprint density at radius 3 is 2.30 bits per heavy atom. The molecule has 0 aliphatic carbocycles. The highest BCUT2D eigenvalue weighted by Crippen LogP contribution is 2.10. The number of hydrogen-bond donors (Lipinski definition) is 1. The molecule has 0 saturated heterocycles. The van der Waals surface area contributed by atoms with Crippen molar-refractivity contribution in [1.29, 1.82) is 0 Å². The van der Waals surface area contributed by atoms with Gasteiger partial charge in [-0.25, -0.2) is 0 Å². The third-order valence-corrected chi connectivity index (χ3v) is 3.46. The predicted octanol–water partition coefficient (Wildman–Crippen LogP) is 1.11. The molecule has 1 aromatic rings. The number of amides is 2. The Balaban J connectivity index is 2.40. The van der Waals surface area contributed by atoms with Crippen LogP contribution in [0.1, 0.15) is 18.9 Å². The average molecular weight is 321 g/mol. The van der Waals surface area contributed by atoms with E-state index in [4.69, 9.17) is 4.74 Å². The van der Waals surface area contributed by atoms with Crippen molar-refractivity contribution in [3.05, 3.63) is 29.8 Å². The Morgan fingerprint density at radius 2 is 1.78 bits per heavy atom. The summed E-state index contributed by atoms with van der Waals surface area (Å²) >= 11 is 0. The van der Waals surface area contributed by atoms with Gasteiger partial charge in [-0.2, -0.15) is 0 Å². The Hall–Kier alpha value is -2.08. The minimum absolute atomic E-state index is 0.0802. The fourth-order valence-corrected chi connectivity index (χ4v) is 2.10. The molecule has 1 aromatic carbocycles. The highest BCUT2D eigenvalue weighted by atomic mass is 16.5. The van der Waals surface area contributed by atoms with Crippen LogP contribution in [0.3, 0.4) is 0 Å². The quantitative estimate of drug-likeness (QED) is 0.740. The van der Waals surface area contributed by atoms with Gasteiger partial charge in [0.1, 0.15) is 5.75 Å². The summed E-state index contributed by atoms with van der Waals surface area (Å²) in [7, 11) is 5.59. The molecule has 0 aliphatic rings. The van der Waals surface area contributed by atoms with Crippen LogP contribution in [0.25, 0.3) is 0 Å². The van der Waals surface area contributed by atoms with Crippen molar-refractivity contribution in [3.8, 4) is 5.75 Å². The maximum atomic E-state index is 12.0. The predicted molar refractivity (Wildman–Crippen MR) is 90.3 cm³/mol. The van der Waals surface area contributed by atoms with Gasteiger partial charge in [0.05, 0.1) is 13.7 Å². The number of carbonyl (C=O) groups is 2. The average Bonchev–Trinajstić information content (AvgIpc) is 2.52. The molecule has 0 aliphatic heterocycles. The number of carbonyl (C=O) groups excluding carboxylic acids is 2. The molecule has 0 heterocycles. The number of ether oxygens (including phenoxy) is 1. The smallest absolute Gasteiger partial charge is 0.239 e. The summed E-state index contributed by atoms with van der Waals surface area (Å²) in [6, 6.07) is 7.51. The molecule has 1 N–H and O–H groups in total. The Labute approximate surface area is 138 Å². The number of nitrogens with one attached hydrogen (secondary N) is 1. The van der Waals surface area contributed by atoms with Crippen molar-refractivity contribution in [1.82, 2.24) is 15.1 Å². The fourth-order valence-electron chi connectivity index (χ4n) is 2.10. The molecule has 0 fully saturated rings. The van der Waals surface area contributed by atoms with Gasteiger partial charge in [-0.1, -0.05) is 12.1 Å². The Bertz CT molecular complexity index is 500. The van der Waals surface area contributed by atoms with Gasteiger partial charge in [-0.15, -0.1) is 0 Å². The standard InChI is InChI=1S/C17H27N3O3/c1-14(21)20(11-5-10-19(2)3)13-17(22)18-12-15-6-8-16(23-4)9-7-15/h6-9H,5,10-13H2,1-4H3,(H,18,22). The van der Waals surface area contributed by atoms with E-state index in [1.165, 1.54) is 6.92 Å². The van der Waals surface area contributed by atoms with Crippen molar-refractivity contribution >= 4 is 11.8 Å². The van der Waals surface area contributed by atoms with Gasteiger partial charge in [-0.3, -0.25) is 9.59 Å². The van der Waals surface area contributed by atoms with Crippen LogP contribution in [0.2, 0.25) is 0 Å². The molecule has 0 unspecified atom stereocenters. The lowest BCUT2D eigenvalue weighted by atomic mass is 10.2. The third kappa shape index (κ3) is 7.65. The number of methoxy groups -OCH3 is 1. The van der Waals surface area contributed by atoms with Gasteiger partial charge >= 0.3 is 0 Å². The first-order valence-electron chi connectivity index (χ1n) is 7.72. The van der Waals surface area contributed by atoms with E-state index in [0.717, 1.165) is 24.3 Å². The first kappa shape index (κ1) is 19.0. The molecule has 6 nitrogen and oxygen atoms in total. The van der Waals surface area contributed by atoms with Crippen LogP contribution in [0, 0.1) is 0 Å². The molecule has 0 spiro atoms. The zero-order valence-corrected chi connectivity index (χ0v) is 14.5. The molecule has 0 bridgehead atoms. The number of rotatable bonds is 9. The fraction of sp³-hybridized carbons (Fsp3) is 0.529. The molecule has 2 amide bonds. The Kier molecular flexibility index (Phi) is 8.11. The van der Waals surface area contributed by atoms with Crippen molar-refractivity contribution < 1.29 is 14.3 Å². The highest BCUT2D eigenvalue weighted by molar-refractivity contribution is 5.83. The first-order chi connectivity index (χ1) is 10.9. The zero-order chi connectivity index (χ0) is 17.2. The molecule has 0 aromatic heterocycles. The molecule has 23 heavy (non-hydrogen) atoms. The lowest BCUT2D eigenvalue weighted by Crippen LogP contribution is -2.40. The number of hydrogen-bond acceptors (Lipinski definition) is 4. The van der Waals surface area contributed by atoms with Gasteiger partial charge in [0.15, 0.2) is 0 Å². The molecular formula is C17H27N3O3. The summed E-state index contributed by atoms with van der Waals surface area (Å²) in [5, 5.41) is 2.84. The maximum absolute atomic E-state index is 12.0. The Morgan fingerprint density at radius 1 is 1.13 bits per heavy atom. The minimum atomic E-state index is -0.152. The van der Waals surface area contributed by atoms with Gasteiger partial charge in [0, 0.05) is 20.0 Å². The molecule has 128 valence electrons. The summed E-state index contributed by atoms with van der Waals surface area (Å²) in [6.45, 7) is 3.50. The SMILES string of the molecule is COc1ccc(CNC(=O)CN(CCCN(C)C)C(C)=O)cc1. The largest absolute Gasteiger partial charge is 0.497 e. The van der Waals surface area contributed by atoms with E-state index >= 15 is 0 Å². The minimum Gasteiger partial charge on any atom is -0.497 e. The van der Waals surface area contributed by atoms with Crippen molar-refractivity contribution in [2.75, 3.05) is 40.8 Å². The first-order valence-corrected chi connectivity index (χ1v) is 7.72. The summed E-state index contributed by atoms with van der Waals surface area (Å²) in [5.74, 6) is 0.549. The lowest BCUT2D eigenvalue weighted by Gasteiger charge is -2.21. The second kappa shape index (κ2) is 9.84. The summed E-state index contributed by atoms with van der Waals surface area (Å²) < 4.78 is 5.09. The van der Waals surface area contributed by atoms with E-state index in [1.54, 1.807) is 12.0 Å². The molecule has 6 heteroatoms. The molecular weight excluding hydrogens is 294 g/mol.